The molecule has 1 rings (SSSR count). The Morgan fingerprint density at radius 2 is 2.33 bits per heavy atom. The quantitative estimate of drug-likeness (QED) is 0.728. The number of hydrogen-bond donors (Lipinski definition) is 2. The molecule has 1 heterocycles. The number of carboxylic acids is 1. The lowest BCUT2D eigenvalue weighted by atomic mass is 10.1. The minimum absolute atomic E-state index is 0.426. The fraction of sp³-hybridized carbons (Fsp3) is 0.429. The molecule has 0 radical (unpaired) electrons. The number of thiazole rings is 1. The number of carbonyl (C=O) groups is 1. The van der Waals surface area contributed by atoms with Gasteiger partial charge in [0.2, 0.25) is 0 Å². The van der Waals surface area contributed by atoms with Gasteiger partial charge in [-0.25, -0.2) is 4.98 Å². The topological polar surface area (TPSA) is 76.2 Å². The van der Waals surface area contributed by atoms with E-state index in [0.717, 1.165) is 4.88 Å². The Kier molecular flexibility index (Phi) is 2.32. The Balaban J connectivity index is 3.02. The summed E-state index contributed by atoms with van der Waals surface area (Å²) in [5.41, 5.74) is 6.15. The molecule has 0 amide bonds. The van der Waals surface area contributed by atoms with E-state index in [1.807, 2.05) is 0 Å². The van der Waals surface area contributed by atoms with Gasteiger partial charge in [-0.05, 0) is 13.8 Å². The van der Waals surface area contributed by atoms with Crippen LogP contribution in [0.25, 0.3) is 0 Å². The number of aryl methyl sites for hydroxylation is 1. The molecule has 0 aromatic carbocycles. The maximum atomic E-state index is 10.6. The van der Waals surface area contributed by atoms with E-state index in [4.69, 9.17) is 10.8 Å². The van der Waals surface area contributed by atoms with Crippen molar-refractivity contribution in [2.24, 2.45) is 0 Å². The Bertz CT molecular complexity index is 308. The van der Waals surface area contributed by atoms with Gasteiger partial charge in [0.05, 0.1) is 11.6 Å². The second-order valence-corrected chi connectivity index (χ2v) is 3.62. The van der Waals surface area contributed by atoms with Crippen LogP contribution < -0.4 is 5.73 Å². The number of aliphatic carboxylic acids is 1. The van der Waals surface area contributed by atoms with Crippen LogP contribution >= 0.6 is 11.3 Å². The van der Waals surface area contributed by atoms with Crippen molar-refractivity contribution in [3.63, 3.8) is 0 Å². The number of carboxylic acid groups (broad SMARTS) is 1. The summed E-state index contributed by atoms with van der Waals surface area (Å²) in [6.07, 6.45) is 0. The fourth-order valence-corrected chi connectivity index (χ4v) is 1.82. The van der Waals surface area contributed by atoms with Crippen LogP contribution in [0.2, 0.25) is 0 Å². The van der Waals surface area contributed by atoms with Gasteiger partial charge in [0.15, 0.2) is 5.13 Å². The van der Waals surface area contributed by atoms with Crippen molar-refractivity contribution in [1.29, 1.82) is 0 Å². The number of aromatic nitrogens is 1. The molecule has 0 aliphatic carbocycles. The number of nitrogens with zero attached hydrogens (tertiary/aromatic N) is 1. The van der Waals surface area contributed by atoms with Crippen LogP contribution in [-0.4, -0.2) is 16.1 Å². The van der Waals surface area contributed by atoms with Crippen molar-refractivity contribution in [2.75, 3.05) is 5.73 Å². The van der Waals surface area contributed by atoms with Crippen molar-refractivity contribution >= 4 is 22.4 Å². The highest BCUT2D eigenvalue weighted by Crippen LogP contribution is 2.27. The first-order chi connectivity index (χ1) is 5.52. The molecule has 1 unspecified atom stereocenters. The van der Waals surface area contributed by atoms with Crippen LogP contribution in [0.3, 0.4) is 0 Å². The van der Waals surface area contributed by atoms with Gasteiger partial charge in [0.1, 0.15) is 0 Å². The molecule has 3 N–H and O–H groups in total. The summed E-state index contributed by atoms with van der Waals surface area (Å²) in [6.45, 7) is 3.39. The van der Waals surface area contributed by atoms with Crippen LogP contribution in [0, 0.1) is 6.92 Å². The number of anilines is 1. The normalized spacial score (nSPS) is 12.8. The predicted molar refractivity (Wildman–Crippen MR) is 47.3 cm³/mol. The smallest absolute Gasteiger partial charge is 0.311 e. The molecule has 0 fully saturated rings. The van der Waals surface area contributed by atoms with E-state index in [9.17, 15) is 4.79 Å². The fourth-order valence-electron chi connectivity index (χ4n) is 0.944. The van der Waals surface area contributed by atoms with Gasteiger partial charge in [0, 0.05) is 4.88 Å². The molecule has 0 bridgehead atoms. The number of nitrogen functional groups attached to an aromatic ring is 1. The summed E-state index contributed by atoms with van der Waals surface area (Å²) < 4.78 is 0. The molecule has 1 aromatic rings. The lowest BCUT2D eigenvalue weighted by molar-refractivity contribution is -0.138. The summed E-state index contributed by atoms with van der Waals surface area (Å²) in [5, 5.41) is 9.13. The first-order valence-electron chi connectivity index (χ1n) is 3.48. The van der Waals surface area contributed by atoms with Crippen LogP contribution in [0.1, 0.15) is 23.4 Å². The Hall–Kier alpha value is -1.10. The summed E-state index contributed by atoms with van der Waals surface area (Å²) in [4.78, 5) is 15.3. The van der Waals surface area contributed by atoms with Gasteiger partial charge >= 0.3 is 5.97 Å². The second kappa shape index (κ2) is 3.10. The third-order valence-corrected chi connectivity index (χ3v) is 2.78. The standard InChI is InChI=1S/C7H10N2O2S/c1-3(6(10)11)5-4(2)9-7(8)12-5/h3H,1-2H3,(H2,8,9)(H,10,11). The van der Waals surface area contributed by atoms with Crippen LogP contribution in [0.5, 0.6) is 0 Å². The van der Waals surface area contributed by atoms with E-state index in [2.05, 4.69) is 4.98 Å². The highest BCUT2D eigenvalue weighted by Gasteiger charge is 2.19. The van der Waals surface area contributed by atoms with E-state index in [-0.39, 0.29) is 0 Å². The highest BCUT2D eigenvalue weighted by atomic mass is 32.1. The number of rotatable bonds is 2. The zero-order chi connectivity index (χ0) is 9.30. The SMILES string of the molecule is Cc1nc(N)sc1C(C)C(=O)O. The van der Waals surface area contributed by atoms with E-state index >= 15 is 0 Å². The van der Waals surface area contributed by atoms with Gasteiger partial charge in [-0.15, -0.1) is 11.3 Å². The summed E-state index contributed by atoms with van der Waals surface area (Å²) in [7, 11) is 0. The molecule has 66 valence electrons. The zero-order valence-electron chi connectivity index (χ0n) is 6.87. The molecule has 0 saturated carbocycles. The first-order valence-corrected chi connectivity index (χ1v) is 4.29. The third-order valence-electron chi connectivity index (χ3n) is 1.61. The van der Waals surface area contributed by atoms with Crippen LogP contribution in [-0.2, 0) is 4.79 Å². The van der Waals surface area contributed by atoms with E-state index in [0.29, 0.717) is 10.8 Å². The summed E-state index contributed by atoms with van der Waals surface area (Å²) >= 11 is 1.24. The average Bonchev–Trinajstić information content (AvgIpc) is 2.28. The van der Waals surface area contributed by atoms with E-state index in [1.54, 1.807) is 13.8 Å². The lowest BCUT2D eigenvalue weighted by Crippen LogP contribution is -2.06. The molecule has 4 nitrogen and oxygen atoms in total. The molecular formula is C7H10N2O2S. The highest BCUT2D eigenvalue weighted by molar-refractivity contribution is 7.15. The van der Waals surface area contributed by atoms with Gasteiger partial charge in [0.25, 0.3) is 0 Å². The number of hydrogen-bond acceptors (Lipinski definition) is 4. The molecule has 0 saturated heterocycles. The molecular weight excluding hydrogens is 176 g/mol. The third kappa shape index (κ3) is 1.55. The molecule has 12 heavy (non-hydrogen) atoms. The van der Waals surface area contributed by atoms with Crippen molar-refractivity contribution < 1.29 is 9.90 Å². The first kappa shape index (κ1) is 8.99. The Labute approximate surface area is 74.0 Å². The minimum atomic E-state index is -0.846. The Morgan fingerprint density at radius 1 is 1.75 bits per heavy atom. The molecule has 0 aliphatic heterocycles. The molecule has 0 aliphatic rings. The van der Waals surface area contributed by atoms with Crippen molar-refractivity contribution in [2.45, 2.75) is 19.8 Å². The summed E-state index contributed by atoms with van der Waals surface area (Å²) in [5.74, 6) is -1.36. The van der Waals surface area contributed by atoms with Gasteiger partial charge in [-0.3, -0.25) is 4.79 Å². The molecule has 0 spiro atoms. The molecule has 5 heteroatoms. The monoisotopic (exact) mass is 186 g/mol. The van der Waals surface area contributed by atoms with Crippen molar-refractivity contribution in [3.8, 4) is 0 Å². The van der Waals surface area contributed by atoms with Crippen molar-refractivity contribution in [1.82, 2.24) is 4.98 Å². The minimum Gasteiger partial charge on any atom is -0.481 e. The zero-order valence-corrected chi connectivity index (χ0v) is 7.68. The van der Waals surface area contributed by atoms with Gasteiger partial charge in [-0.2, -0.15) is 0 Å². The van der Waals surface area contributed by atoms with E-state index in [1.165, 1.54) is 11.3 Å². The van der Waals surface area contributed by atoms with Crippen LogP contribution in [0.4, 0.5) is 5.13 Å². The molecule has 1 atom stereocenters. The average molecular weight is 186 g/mol. The summed E-state index contributed by atoms with van der Waals surface area (Å²) in [6, 6.07) is 0. The van der Waals surface area contributed by atoms with Crippen molar-refractivity contribution in [3.05, 3.63) is 10.6 Å². The maximum Gasteiger partial charge on any atom is 0.311 e. The predicted octanol–water partition coefficient (Wildman–Crippen LogP) is 1.22. The number of nitrogens with two attached hydrogens (primary N) is 1. The largest absolute Gasteiger partial charge is 0.481 e. The van der Waals surface area contributed by atoms with Gasteiger partial charge in [-0.1, -0.05) is 0 Å². The molecule has 1 aromatic heterocycles. The van der Waals surface area contributed by atoms with Gasteiger partial charge < -0.3 is 10.8 Å². The van der Waals surface area contributed by atoms with E-state index < -0.39 is 11.9 Å². The lowest BCUT2D eigenvalue weighted by Gasteiger charge is -2.01. The van der Waals surface area contributed by atoms with Crippen LogP contribution in [0.15, 0.2) is 0 Å². The maximum absolute atomic E-state index is 10.6. The second-order valence-electron chi connectivity index (χ2n) is 2.56. The Morgan fingerprint density at radius 3 is 2.67 bits per heavy atom.